The van der Waals surface area contributed by atoms with Crippen molar-refractivity contribution in [2.75, 3.05) is 6.54 Å². The summed E-state index contributed by atoms with van der Waals surface area (Å²) in [6.45, 7) is 0.356. The molecule has 22 heavy (non-hydrogen) atoms. The molecule has 5 nitrogen and oxygen atoms in total. The monoisotopic (exact) mass is 312 g/mol. The van der Waals surface area contributed by atoms with Gasteiger partial charge in [-0.3, -0.25) is 9.48 Å². The van der Waals surface area contributed by atoms with Crippen molar-refractivity contribution in [2.24, 2.45) is 7.05 Å². The fourth-order valence-electron chi connectivity index (χ4n) is 2.51. The molecule has 1 aliphatic carbocycles. The lowest BCUT2D eigenvalue weighted by Gasteiger charge is -2.10. The van der Waals surface area contributed by atoms with Crippen LogP contribution in [-0.4, -0.2) is 33.4 Å². The van der Waals surface area contributed by atoms with Gasteiger partial charge in [-0.2, -0.15) is 18.3 Å². The van der Waals surface area contributed by atoms with Gasteiger partial charge < -0.3 is 5.32 Å². The van der Waals surface area contributed by atoms with E-state index in [1.165, 1.54) is 0 Å². The molecule has 0 unspecified atom stereocenters. The second kappa shape index (κ2) is 4.96. The van der Waals surface area contributed by atoms with E-state index in [9.17, 15) is 18.0 Å². The number of aryl methyl sites for hydroxylation is 2. The van der Waals surface area contributed by atoms with E-state index in [1.54, 1.807) is 24.7 Å². The van der Waals surface area contributed by atoms with E-state index in [1.807, 2.05) is 5.32 Å². The van der Waals surface area contributed by atoms with Crippen LogP contribution in [0.2, 0.25) is 0 Å². The summed E-state index contributed by atoms with van der Waals surface area (Å²) in [4.78, 5) is 16.7. The van der Waals surface area contributed by atoms with Crippen LogP contribution < -0.4 is 5.32 Å². The summed E-state index contributed by atoms with van der Waals surface area (Å²) in [5, 5.41) is 6.65. The maximum atomic E-state index is 12.3. The van der Waals surface area contributed by atoms with E-state index in [0.29, 0.717) is 16.7 Å². The van der Waals surface area contributed by atoms with Crippen LogP contribution in [0.3, 0.4) is 0 Å². The number of carbonyl (C=O) groups excluding carboxylic acids is 1. The normalized spacial score (nSPS) is 15.3. The standard InChI is InChI=1S/C14H15F3N4O/c1-7-11-9(13(22)18-6-14(15,16)17)5-10(8-3-4-8)19-12(11)21(2)20-7/h5,8H,3-4,6H2,1-2H3,(H,18,22). The maximum Gasteiger partial charge on any atom is 0.405 e. The van der Waals surface area contributed by atoms with Gasteiger partial charge in [-0.1, -0.05) is 0 Å². The van der Waals surface area contributed by atoms with Gasteiger partial charge in [0, 0.05) is 18.7 Å². The molecule has 2 aromatic heterocycles. The Morgan fingerprint density at radius 2 is 2.14 bits per heavy atom. The molecular formula is C14H15F3N4O. The number of hydrogen-bond donors (Lipinski definition) is 1. The molecule has 118 valence electrons. The zero-order valence-electron chi connectivity index (χ0n) is 12.2. The maximum absolute atomic E-state index is 12.3. The second-order valence-electron chi connectivity index (χ2n) is 5.57. The van der Waals surface area contributed by atoms with Crippen LogP contribution in [0.5, 0.6) is 0 Å². The van der Waals surface area contributed by atoms with E-state index in [2.05, 4.69) is 10.1 Å². The number of carbonyl (C=O) groups is 1. The first-order chi connectivity index (χ1) is 10.3. The Morgan fingerprint density at radius 3 is 2.73 bits per heavy atom. The minimum atomic E-state index is -4.44. The Balaban J connectivity index is 2.04. The zero-order valence-corrected chi connectivity index (χ0v) is 12.2. The molecule has 1 fully saturated rings. The Labute approximate surface area is 124 Å². The summed E-state index contributed by atoms with van der Waals surface area (Å²) in [5.74, 6) is -0.462. The number of alkyl halides is 3. The van der Waals surface area contributed by atoms with Crippen LogP contribution >= 0.6 is 0 Å². The van der Waals surface area contributed by atoms with Crippen LogP contribution in [0.1, 0.15) is 40.5 Å². The highest BCUT2D eigenvalue weighted by atomic mass is 19.4. The Kier molecular flexibility index (Phi) is 3.34. The summed E-state index contributed by atoms with van der Waals surface area (Å²) in [6.07, 6.45) is -2.47. The number of nitrogens with one attached hydrogen (secondary N) is 1. The number of rotatable bonds is 3. The molecule has 1 saturated carbocycles. The number of amides is 1. The number of halogens is 3. The first-order valence-electron chi connectivity index (χ1n) is 6.95. The van der Waals surface area contributed by atoms with Crippen molar-refractivity contribution in [3.63, 3.8) is 0 Å². The van der Waals surface area contributed by atoms with Gasteiger partial charge in [-0.15, -0.1) is 0 Å². The molecule has 0 spiro atoms. The molecule has 1 aliphatic rings. The summed E-state index contributed by atoms with van der Waals surface area (Å²) in [7, 11) is 1.70. The number of nitrogens with zero attached hydrogens (tertiary/aromatic N) is 3. The van der Waals surface area contributed by atoms with Crippen molar-refractivity contribution in [3.05, 3.63) is 23.0 Å². The first kappa shape index (κ1) is 14.8. The number of fused-ring (bicyclic) bond motifs is 1. The third-order valence-electron chi connectivity index (χ3n) is 3.68. The molecule has 2 aromatic rings. The molecule has 8 heteroatoms. The van der Waals surface area contributed by atoms with Crippen molar-refractivity contribution in [1.82, 2.24) is 20.1 Å². The molecule has 0 atom stereocenters. The lowest BCUT2D eigenvalue weighted by atomic mass is 10.1. The van der Waals surface area contributed by atoms with Crippen molar-refractivity contribution in [3.8, 4) is 0 Å². The molecule has 0 radical (unpaired) electrons. The lowest BCUT2D eigenvalue weighted by Crippen LogP contribution is -2.34. The smallest absolute Gasteiger partial charge is 0.343 e. The summed E-state index contributed by atoms with van der Waals surface area (Å²) < 4.78 is 38.5. The molecular weight excluding hydrogens is 297 g/mol. The average Bonchev–Trinajstić information content (AvgIpc) is 3.23. The third kappa shape index (κ3) is 2.77. The molecule has 0 aliphatic heterocycles. The SMILES string of the molecule is Cc1nn(C)c2nc(C3CC3)cc(C(=O)NCC(F)(F)F)c12. The van der Waals surface area contributed by atoms with E-state index in [-0.39, 0.29) is 11.5 Å². The van der Waals surface area contributed by atoms with Crippen molar-refractivity contribution in [2.45, 2.75) is 31.9 Å². The number of hydrogen-bond acceptors (Lipinski definition) is 3. The lowest BCUT2D eigenvalue weighted by molar-refractivity contribution is -0.123. The quantitative estimate of drug-likeness (QED) is 0.947. The predicted molar refractivity (Wildman–Crippen MR) is 73.6 cm³/mol. The molecule has 3 rings (SSSR count). The van der Waals surface area contributed by atoms with Crippen molar-refractivity contribution in [1.29, 1.82) is 0 Å². The first-order valence-corrected chi connectivity index (χ1v) is 6.95. The summed E-state index contributed by atoms with van der Waals surface area (Å²) in [6, 6.07) is 1.60. The highest BCUT2D eigenvalue weighted by Gasteiger charge is 2.31. The third-order valence-corrected chi connectivity index (χ3v) is 3.68. The van der Waals surface area contributed by atoms with Crippen LogP contribution in [0.25, 0.3) is 11.0 Å². The highest BCUT2D eigenvalue weighted by molar-refractivity contribution is 6.06. The van der Waals surface area contributed by atoms with Crippen molar-refractivity contribution >= 4 is 16.9 Å². The van der Waals surface area contributed by atoms with Gasteiger partial charge in [-0.05, 0) is 25.8 Å². The molecule has 0 bridgehead atoms. The topological polar surface area (TPSA) is 59.8 Å². The molecule has 0 aromatic carbocycles. The minimum Gasteiger partial charge on any atom is -0.343 e. The van der Waals surface area contributed by atoms with Crippen LogP contribution in [0, 0.1) is 6.92 Å². The minimum absolute atomic E-state index is 0.210. The van der Waals surface area contributed by atoms with Gasteiger partial charge in [0.2, 0.25) is 0 Å². The highest BCUT2D eigenvalue weighted by Crippen LogP contribution is 2.40. The Morgan fingerprint density at radius 1 is 1.45 bits per heavy atom. The fraction of sp³-hybridized carbons (Fsp3) is 0.500. The average molecular weight is 312 g/mol. The van der Waals surface area contributed by atoms with Crippen molar-refractivity contribution < 1.29 is 18.0 Å². The van der Waals surface area contributed by atoms with Crippen LogP contribution in [0.15, 0.2) is 6.07 Å². The Bertz CT molecular complexity index is 747. The number of pyridine rings is 1. The van der Waals surface area contributed by atoms with E-state index < -0.39 is 18.6 Å². The van der Waals surface area contributed by atoms with Gasteiger partial charge in [0.15, 0.2) is 5.65 Å². The molecule has 1 N–H and O–H groups in total. The predicted octanol–water partition coefficient (Wildman–Crippen LogP) is 2.45. The summed E-state index contributed by atoms with van der Waals surface area (Å²) in [5.41, 5.74) is 2.05. The van der Waals surface area contributed by atoms with Gasteiger partial charge in [0.05, 0.1) is 16.6 Å². The van der Waals surface area contributed by atoms with Gasteiger partial charge in [0.1, 0.15) is 6.54 Å². The fourth-order valence-corrected chi connectivity index (χ4v) is 2.51. The van der Waals surface area contributed by atoms with E-state index in [0.717, 1.165) is 18.5 Å². The van der Waals surface area contributed by atoms with Crippen LogP contribution in [0.4, 0.5) is 13.2 Å². The molecule has 0 saturated heterocycles. The molecule has 2 heterocycles. The van der Waals surface area contributed by atoms with E-state index >= 15 is 0 Å². The largest absolute Gasteiger partial charge is 0.405 e. The second-order valence-corrected chi connectivity index (χ2v) is 5.57. The van der Waals surface area contributed by atoms with Gasteiger partial charge in [-0.25, -0.2) is 4.98 Å². The van der Waals surface area contributed by atoms with E-state index in [4.69, 9.17) is 0 Å². The zero-order chi connectivity index (χ0) is 16.1. The van der Waals surface area contributed by atoms with Gasteiger partial charge >= 0.3 is 6.18 Å². The molecule has 1 amide bonds. The Hall–Kier alpha value is -2.12. The number of aromatic nitrogens is 3. The van der Waals surface area contributed by atoms with Crippen LogP contribution in [-0.2, 0) is 7.05 Å². The van der Waals surface area contributed by atoms with Gasteiger partial charge in [0.25, 0.3) is 5.91 Å². The summed E-state index contributed by atoms with van der Waals surface area (Å²) >= 11 is 0.